The number of halogens is 1. The van der Waals surface area contributed by atoms with Gasteiger partial charge in [-0.25, -0.2) is 9.59 Å². The summed E-state index contributed by atoms with van der Waals surface area (Å²) in [6, 6.07) is 12.6. The Morgan fingerprint density at radius 3 is 2.44 bits per heavy atom. The van der Waals surface area contributed by atoms with Crippen LogP contribution in [0.5, 0.6) is 5.75 Å². The SMILES string of the molecule is COc1ccc(-c2nn([C@H]3C[C@H]4C(=O)N[C@]5(C(=O)O)C[C@H]5/C=C\CCCCC[C@H](NC(=O)OC(C)(C)C)C(=O)N4C3)nc2-c2cccc(Br)c2)cc1. The molecule has 3 aliphatic rings. The summed E-state index contributed by atoms with van der Waals surface area (Å²) in [5.41, 5.74) is 0.573. The molecular weight excluding hydrogens is 732 g/mol. The second-order valence-electron chi connectivity index (χ2n) is 14.7. The zero-order valence-corrected chi connectivity index (χ0v) is 31.4. The minimum Gasteiger partial charge on any atom is -0.497 e. The number of alkyl carbamates (subject to hydrolysis) is 1. The molecular formula is C38H45BrN6O7. The summed E-state index contributed by atoms with van der Waals surface area (Å²) in [6.45, 7) is 5.29. The molecule has 3 aromatic rings. The number of allylic oxidation sites excluding steroid dienone is 1. The smallest absolute Gasteiger partial charge is 0.408 e. The van der Waals surface area contributed by atoms with Gasteiger partial charge in [-0.05, 0) is 82.9 Å². The van der Waals surface area contributed by atoms with Crippen LogP contribution in [0.3, 0.4) is 0 Å². The van der Waals surface area contributed by atoms with E-state index in [-0.39, 0.29) is 25.3 Å². The zero-order chi connectivity index (χ0) is 37.2. The number of carboxylic acids is 1. The molecule has 1 saturated heterocycles. The molecule has 5 atom stereocenters. The normalized spacial score (nSPS) is 25.8. The number of carbonyl (C=O) groups is 4. The third-order valence-electron chi connectivity index (χ3n) is 9.75. The number of aliphatic carboxylic acids is 1. The number of carbonyl (C=O) groups excluding carboxylic acids is 3. The van der Waals surface area contributed by atoms with Crippen LogP contribution in [-0.2, 0) is 19.1 Å². The molecule has 0 unspecified atom stereocenters. The van der Waals surface area contributed by atoms with E-state index in [0.29, 0.717) is 30.0 Å². The number of hydrogen-bond acceptors (Lipinski definition) is 8. The van der Waals surface area contributed by atoms with E-state index in [1.165, 1.54) is 4.90 Å². The zero-order valence-electron chi connectivity index (χ0n) is 29.8. The van der Waals surface area contributed by atoms with Crippen molar-refractivity contribution in [3.05, 3.63) is 65.2 Å². The molecule has 2 aliphatic heterocycles. The monoisotopic (exact) mass is 776 g/mol. The standard InChI is InChI=1S/C38H45BrN6O7/c1-37(2,3)52-36(50)40-29-14-9-7-5-6-8-12-25-21-38(25,35(48)49)41-33(46)30-20-27(22-44(30)34(29)47)45-42-31(23-15-17-28(51-4)18-16-23)32(43-45)24-11-10-13-26(39)19-24/h8,10-13,15-19,25,27,29-30H,5-7,9,14,20-22H2,1-4H3,(H,40,50)(H,41,46)(H,48,49)/b12-8-/t25-,27+,29+,30+,38-/m1/s1. The highest BCUT2D eigenvalue weighted by molar-refractivity contribution is 9.10. The molecule has 276 valence electrons. The van der Waals surface area contributed by atoms with Crippen LogP contribution in [0, 0.1) is 5.92 Å². The van der Waals surface area contributed by atoms with E-state index in [0.717, 1.165) is 34.9 Å². The first-order valence-corrected chi connectivity index (χ1v) is 18.5. The third kappa shape index (κ3) is 8.16. The summed E-state index contributed by atoms with van der Waals surface area (Å²) in [4.78, 5) is 57.2. The maximum atomic E-state index is 14.5. The van der Waals surface area contributed by atoms with Crippen molar-refractivity contribution in [2.75, 3.05) is 13.7 Å². The van der Waals surface area contributed by atoms with Crippen LogP contribution < -0.4 is 15.4 Å². The Hall–Kier alpha value is -4.72. The Morgan fingerprint density at radius 2 is 1.77 bits per heavy atom. The van der Waals surface area contributed by atoms with Crippen LogP contribution in [0.15, 0.2) is 65.2 Å². The number of benzene rings is 2. The molecule has 1 aliphatic carbocycles. The lowest BCUT2D eigenvalue weighted by Crippen LogP contribution is -2.56. The van der Waals surface area contributed by atoms with E-state index in [1.54, 1.807) is 32.7 Å². The number of carboxylic acid groups (broad SMARTS) is 1. The number of hydrogen-bond donors (Lipinski definition) is 3. The molecule has 0 spiro atoms. The molecule has 1 saturated carbocycles. The van der Waals surface area contributed by atoms with Crippen molar-refractivity contribution < 1.29 is 33.8 Å². The number of amides is 3. The number of fused-ring (bicyclic) bond motifs is 2. The second kappa shape index (κ2) is 15.1. The van der Waals surface area contributed by atoms with Gasteiger partial charge in [0.25, 0.3) is 0 Å². The largest absolute Gasteiger partial charge is 0.497 e. The molecule has 6 rings (SSSR count). The molecule has 3 heterocycles. The van der Waals surface area contributed by atoms with Gasteiger partial charge in [-0.3, -0.25) is 9.59 Å². The summed E-state index contributed by atoms with van der Waals surface area (Å²) in [5.74, 6) is -1.81. The molecule has 2 fully saturated rings. The van der Waals surface area contributed by atoms with E-state index in [1.807, 2.05) is 60.7 Å². The van der Waals surface area contributed by atoms with Gasteiger partial charge in [0, 0.05) is 34.5 Å². The van der Waals surface area contributed by atoms with Crippen molar-refractivity contribution in [1.82, 2.24) is 30.5 Å². The molecule has 0 radical (unpaired) electrons. The van der Waals surface area contributed by atoms with Gasteiger partial charge in [0.05, 0.1) is 13.2 Å². The Morgan fingerprint density at radius 1 is 1.04 bits per heavy atom. The maximum Gasteiger partial charge on any atom is 0.408 e. The lowest BCUT2D eigenvalue weighted by molar-refractivity contribution is -0.145. The average Bonchev–Trinajstić information content (AvgIpc) is 3.40. The van der Waals surface area contributed by atoms with Crippen LogP contribution >= 0.6 is 15.9 Å². The van der Waals surface area contributed by atoms with Gasteiger partial charge >= 0.3 is 12.1 Å². The second-order valence-corrected chi connectivity index (χ2v) is 15.6. The predicted molar refractivity (Wildman–Crippen MR) is 196 cm³/mol. The van der Waals surface area contributed by atoms with Crippen LogP contribution in [0.1, 0.15) is 71.8 Å². The lowest BCUT2D eigenvalue weighted by atomic mass is 10.0. The van der Waals surface area contributed by atoms with Gasteiger partial charge in [-0.1, -0.05) is 53.1 Å². The van der Waals surface area contributed by atoms with Crippen molar-refractivity contribution in [1.29, 1.82) is 0 Å². The fourth-order valence-corrected chi connectivity index (χ4v) is 7.35. The predicted octanol–water partition coefficient (Wildman–Crippen LogP) is 5.90. The molecule has 1 aromatic heterocycles. The van der Waals surface area contributed by atoms with Crippen LogP contribution in [0.4, 0.5) is 4.79 Å². The summed E-state index contributed by atoms with van der Waals surface area (Å²) in [6.07, 6.45) is 6.86. The van der Waals surface area contributed by atoms with E-state index in [9.17, 15) is 24.3 Å². The fourth-order valence-electron chi connectivity index (χ4n) is 6.95. The number of methoxy groups -OCH3 is 1. The Balaban J connectivity index is 1.38. The highest BCUT2D eigenvalue weighted by Gasteiger charge is 2.61. The Kier molecular flexibility index (Phi) is 10.8. The number of aromatic nitrogens is 3. The van der Waals surface area contributed by atoms with Crippen molar-refractivity contribution in [3.63, 3.8) is 0 Å². The Bertz CT molecular complexity index is 1850. The van der Waals surface area contributed by atoms with Crippen molar-refractivity contribution in [2.45, 2.75) is 95.0 Å². The molecule has 2 aromatic carbocycles. The topological polar surface area (TPSA) is 165 Å². The number of nitrogens with zero attached hydrogens (tertiary/aromatic N) is 4. The van der Waals surface area contributed by atoms with Crippen LogP contribution in [0.2, 0.25) is 0 Å². The molecule has 3 amide bonds. The molecule has 0 bridgehead atoms. The highest BCUT2D eigenvalue weighted by Crippen LogP contribution is 2.46. The average molecular weight is 778 g/mol. The lowest BCUT2D eigenvalue weighted by Gasteiger charge is -2.30. The molecule has 14 heteroatoms. The van der Waals surface area contributed by atoms with Crippen molar-refractivity contribution >= 4 is 39.8 Å². The summed E-state index contributed by atoms with van der Waals surface area (Å²) >= 11 is 3.56. The summed E-state index contributed by atoms with van der Waals surface area (Å²) in [5, 5.41) is 25.7. The van der Waals surface area contributed by atoms with Gasteiger partial charge in [-0.15, -0.1) is 0 Å². The van der Waals surface area contributed by atoms with E-state index < -0.39 is 53.1 Å². The van der Waals surface area contributed by atoms with Gasteiger partial charge in [0.1, 0.15) is 40.4 Å². The maximum absolute atomic E-state index is 14.5. The van der Waals surface area contributed by atoms with E-state index >= 15 is 0 Å². The minimum atomic E-state index is -1.45. The molecule has 52 heavy (non-hydrogen) atoms. The van der Waals surface area contributed by atoms with Gasteiger partial charge in [-0.2, -0.15) is 15.0 Å². The van der Waals surface area contributed by atoms with Gasteiger partial charge in [0.15, 0.2) is 0 Å². The fraction of sp³-hybridized carbons (Fsp3) is 0.474. The quantitative estimate of drug-likeness (QED) is 0.259. The first-order chi connectivity index (χ1) is 24.8. The van der Waals surface area contributed by atoms with Crippen molar-refractivity contribution in [2.24, 2.45) is 5.92 Å². The first-order valence-electron chi connectivity index (χ1n) is 17.7. The summed E-state index contributed by atoms with van der Waals surface area (Å²) in [7, 11) is 1.60. The summed E-state index contributed by atoms with van der Waals surface area (Å²) < 4.78 is 11.7. The minimum absolute atomic E-state index is 0.0570. The first kappa shape index (κ1) is 37.1. The van der Waals surface area contributed by atoms with E-state index in [2.05, 4.69) is 26.6 Å². The van der Waals surface area contributed by atoms with E-state index in [4.69, 9.17) is 19.7 Å². The van der Waals surface area contributed by atoms with Crippen LogP contribution in [-0.4, -0.2) is 85.8 Å². The molecule has 13 nitrogen and oxygen atoms in total. The van der Waals surface area contributed by atoms with Gasteiger partial charge in [0.2, 0.25) is 11.8 Å². The van der Waals surface area contributed by atoms with Crippen molar-refractivity contribution in [3.8, 4) is 28.3 Å². The Labute approximate surface area is 311 Å². The number of nitrogens with one attached hydrogen (secondary N) is 2. The number of rotatable bonds is 6. The highest BCUT2D eigenvalue weighted by atomic mass is 79.9. The third-order valence-corrected chi connectivity index (χ3v) is 10.2. The van der Waals surface area contributed by atoms with Crippen LogP contribution in [0.25, 0.3) is 22.5 Å². The number of ether oxygens (including phenoxy) is 2. The molecule has 3 N–H and O–H groups in total. The van der Waals surface area contributed by atoms with Gasteiger partial charge < -0.3 is 30.1 Å².